The minimum atomic E-state index is -3.91. The third-order valence-corrected chi connectivity index (χ3v) is 4.98. The van der Waals surface area contributed by atoms with Crippen LogP contribution in [0, 0.1) is 0 Å². The Morgan fingerprint density at radius 3 is 2.44 bits per heavy atom. The molecular formula is C17H14ClN3O3S. The van der Waals surface area contributed by atoms with Gasteiger partial charge in [0.1, 0.15) is 0 Å². The largest absolute Gasteiger partial charge is 0.478 e. The lowest BCUT2D eigenvalue weighted by molar-refractivity contribution is 0.398. The van der Waals surface area contributed by atoms with Crippen LogP contribution in [0.15, 0.2) is 65.7 Å². The first-order valence-electron chi connectivity index (χ1n) is 7.25. The highest BCUT2D eigenvalue weighted by atomic mass is 35.5. The number of methoxy groups -OCH3 is 1. The van der Waals surface area contributed by atoms with Crippen molar-refractivity contribution < 1.29 is 13.2 Å². The minimum Gasteiger partial charge on any atom is -0.478 e. The monoisotopic (exact) mass is 375 g/mol. The fraction of sp³-hybridized carbons (Fsp3) is 0.0588. The number of rotatable bonds is 5. The molecule has 8 heteroatoms. The smallest absolute Gasteiger partial charge is 0.263 e. The van der Waals surface area contributed by atoms with Crippen LogP contribution in [-0.2, 0) is 10.0 Å². The van der Waals surface area contributed by atoms with E-state index >= 15 is 0 Å². The zero-order chi connectivity index (χ0) is 17.9. The van der Waals surface area contributed by atoms with Crippen molar-refractivity contribution in [1.29, 1.82) is 0 Å². The Morgan fingerprint density at radius 1 is 1.04 bits per heavy atom. The summed E-state index contributed by atoms with van der Waals surface area (Å²) >= 11 is 5.76. The summed E-state index contributed by atoms with van der Waals surface area (Å²) in [4.78, 5) is 7.98. The van der Waals surface area contributed by atoms with E-state index in [9.17, 15) is 8.42 Å². The van der Waals surface area contributed by atoms with Gasteiger partial charge in [0.25, 0.3) is 15.9 Å². The molecule has 3 rings (SSSR count). The number of anilines is 1. The van der Waals surface area contributed by atoms with Gasteiger partial charge in [0.2, 0.25) is 5.82 Å². The number of halogens is 1. The molecule has 128 valence electrons. The van der Waals surface area contributed by atoms with E-state index in [1.54, 1.807) is 18.2 Å². The van der Waals surface area contributed by atoms with Crippen LogP contribution in [0.25, 0.3) is 11.1 Å². The van der Waals surface area contributed by atoms with Crippen LogP contribution >= 0.6 is 11.6 Å². The van der Waals surface area contributed by atoms with Crippen molar-refractivity contribution in [2.24, 2.45) is 0 Å². The number of nitrogens with one attached hydrogen (secondary N) is 1. The number of hydrogen-bond acceptors (Lipinski definition) is 5. The van der Waals surface area contributed by atoms with Crippen molar-refractivity contribution in [3.05, 3.63) is 65.9 Å². The van der Waals surface area contributed by atoms with Gasteiger partial charge in [-0.2, -0.15) is 4.98 Å². The molecule has 1 N–H and O–H groups in total. The molecule has 0 spiro atoms. The molecular weight excluding hydrogens is 362 g/mol. The second-order valence-electron chi connectivity index (χ2n) is 5.02. The molecule has 0 saturated heterocycles. The Bertz CT molecular complexity index is 995. The molecule has 3 aromatic rings. The van der Waals surface area contributed by atoms with Crippen molar-refractivity contribution in [1.82, 2.24) is 9.97 Å². The van der Waals surface area contributed by atoms with Gasteiger partial charge in [-0.15, -0.1) is 0 Å². The number of benzene rings is 2. The van der Waals surface area contributed by atoms with Gasteiger partial charge in [0.15, 0.2) is 5.15 Å². The summed E-state index contributed by atoms with van der Waals surface area (Å²) in [5.74, 6) is -0.0389. The standard InChI is InChI=1S/C17H14ClN3O3S/c1-24-17-16(19-11-15(18)20-17)21-25(22,23)14-10-6-5-9-13(14)12-7-3-2-4-8-12/h2-11H,1H3,(H,19,21). The first-order valence-corrected chi connectivity index (χ1v) is 9.11. The van der Waals surface area contributed by atoms with E-state index in [0.717, 1.165) is 5.56 Å². The van der Waals surface area contributed by atoms with Crippen molar-refractivity contribution in [3.63, 3.8) is 0 Å². The fourth-order valence-electron chi connectivity index (χ4n) is 2.30. The third kappa shape index (κ3) is 3.72. The van der Waals surface area contributed by atoms with Crippen LogP contribution in [0.2, 0.25) is 5.15 Å². The Hall–Kier alpha value is -2.64. The van der Waals surface area contributed by atoms with E-state index in [2.05, 4.69) is 14.7 Å². The average molecular weight is 376 g/mol. The van der Waals surface area contributed by atoms with Crippen LogP contribution in [0.1, 0.15) is 0 Å². The second-order valence-corrected chi connectivity index (χ2v) is 7.06. The molecule has 0 saturated carbocycles. The summed E-state index contributed by atoms with van der Waals surface area (Å²) in [6, 6.07) is 16.0. The van der Waals surface area contributed by atoms with Gasteiger partial charge >= 0.3 is 0 Å². The van der Waals surface area contributed by atoms with Gasteiger partial charge < -0.3 is 4.74 Å². The maximum atomic E-state index is 12.9. The van der Waals surface area contributed by atoms with Crippen LogP contribution in [0.3, 0.4) is 0 Å². The highest BCUT2D eigenvalue weighted by molar-refractivity contribution is 7.92. The number of aromatic nitrogens is 2. The summed E-state index contributed by atoms with van der Waals surface area (Å²) in [7, 11) is -2.56. The third-order valence-electron chi connectivity index (χ3n) is 3.40. The molecule has 0 aliphatic carbocycles. The maximum absolute atomic E-state index is 12.9. The summed E-state index contributed by atoms with van der Waals surface area (Å²) in [5, 5.41) is 0.101. The van der Waals surface area contributed by atoms with Crippen LogP contribution < -0.4 is 9.46 Å². The molecule has 0 atom stereocenters. The molecule has 1 heterocycles. The van der Waals surface area contributed by atoms with E-state index in [4.69, 9.17) is 16.3 Å². The van der Waals surface area contributed by atoms with Crippen LogP contribution in [-0.4, -0.2) is 25.5 Å². The summed E-state index contributed by atoms with van der Waals surface area (Å²) in [5.41, 5.74) is 1.37. The number of hydrogen-bond donors (Lipinski definition) is 1. The maximum Gasteiger partial charge on any atom is 0.263 e. The number of nitrogens with zero attached hydrogens (tertiary/aromatic N) is 2. The van der Waals surface area contributed by atoms with Gasteiger partial charge in [0, 0.05) is 5.56 Å². The highest BCUT2D eigenvalue weighted by Gasteiger charge is 2.22. The molecule has 25 heavy (non-hydrogen) atoms. The fourth-order valence-corrected chi connectivity index (χ4v) is 3.67. The van der Waals surface area contributed by atoms with E-state index < -0.39 is 10.0 Å². The van der Waals surface area contributed by atoms with Gasteiger partial charge in [-0.25, -0.2) is 13.4 Å². The second kappa shape index (κ2) is 7.08. The molecule has 0 amide bonds. The average Bonchev–Trinajstić information content (AvgIpc) is 2.64. The molecule has 0 aliphatic heterocycles. The molecule has 0 unspecified atom stereocenters. The van der Waals surface area contributed by atoms with E-state index in [1.165, 1.54) is 19.4 Å². The van der Waals surface area contributed by atoms with Crippen LogP contribution in [0.5, 0.6) is 5.88 Å². The molecule has 6 nitrogen and oxygen atoms in total. The zero-order valence-electron chi connectivity index (χ0n) is 13.2. The predicted molar refractivity (Wildman–Crippen MR) is 96.3 cm³/mol. The highest BCUT2D eigenvalue weighted by Crippen LogP contribution is 2.30. The molecule has 0 bridgehead atoms. The Kier molecular flexibility index (Phi) is 4.87. The van der Waals surface area contributed by atoms with Crippen LogP contribution in [0.4, 0.5) is 5.82 Å². The van der Waals surface area contributed by atoms with Gasteiger partial charge in [-0.1, -0.05) is 60.1 Å². The normalized spacial score (nSPS) is 11.1. The lowest BCUT2D eigenvalue weighted by atomic mass is 10.1. The number of ether oxygens (including phenoxy) is 1. The lowest BCUT2D eigenvalue weighted by Crippen LogP contribution is -2.16. The number of sulfonamides is 1. The molecule has 0 fully saturated rings. The molecule has 2 aromatic carbocycles. The SMILES string of the molecule is COc1nc(Cl)cnc1NS(=O)(=O)c1ccccc1-c1ccccc1. The van der Waals surface area contributed by atoms with Crippen molar-refractivity contribution in [2.75, 3.05) is 11.8 Å². The van der Waals surface area contributed by atoms with Gasteiger partial charge in [0.05, 0.1) is 18.2 Å². The van der Waals surface area contributed by atoms with E-state index in [-0.39, 0.29) is 21.7 Å². The zero-order valence-corrected chi connectivity index (χ0v) is 14.8. The topological polar surface area (TPSA) is 81.2 Å². The summed E-state index contributed by atoms with van der Waals surface area (Å²) in [6.07, 6.45) is 1.24. The van der Waals surface area contributed by atoms with Gasteiger partial charge in [-0.05, 0) is 11.6 Å². The molecule has 1 aromatic heterocycles. The van der Waals surface area contributed by atoms with Crippen molar-refractivity contribution in [3.8, 4) is 17.0 Å². The molecule has 0 aliphatic rings. The predicted octanol–water partition coefficient (Wildman–Crippen LogP) is 3.61. The quantitative estimate of drug-likeness (QED) is 0.736. The first kappa shape index (κ1) is 17.2. The van der Waals surface area contributed by atoms with Gasteiger partial charge in [-0.3, -0.25) is 4.72 Å². The van der Waals surface area contributed by atoms with E-state index in [1.807, 2.05) is 30.3 Å². The van der Waals surface area contributed by atoms with E-state index in [0.29, 0.717) is 5.56 Å². The molecule has 0 radical (unpaired) electrons. The first-order chi connectivity index (χ1) is 12.0. The lowest BCUT2D eigenvalue weighted by Gasteiger charge is -2.13. The minimum absolute atomic E-state index is 0.00623. The van der Waals surface area contributed by atoms with Crippen molar-refractivity contribution in [2.45, 2.75) is 4.90 Å². The Balaban J connectivity index is 2.05. The summed E-state index contributed by atoms with van der Waals surface area (Å²) in [6.45, 7) is 0. The van der Waals surface area contributed by atoms with Crippen molar-refractivity contribution >= 4 is 27.4 Å². The Morgan fingerprint density at radius 2 is 1.72 bits per heavy atom. The Labute approximate surface area is 150 Å². The summed E-state index contributed by atoms with van der Waals surface area (Å²) < 4.78 is 33.2.